The van der Waals surface area contributed by atoms with Crippen molar-refractivity contribution in [2.75, 3.05) is 0 Å². The maximum absolute atomic E-state index is 12.7. The topological polar surface area (TPSA) is 57.5 Å². The van der Waals surface area contributed by atoms with Crippen molar-refractivity contribution in [3.05, 3.63) is 0 Å². The van der Waals surface area contributed by atoms with Crippen LogP contribution in [-0.4, -0.2) is 27.7 Å². The molecule has 0 unspecified atom stereocenters. The van der Waals surface area contributed by atoms with Crippen molar-refractivity contribution >= 4 is 5.78 Å². The Morgan fingerprint density at radius 2 is 1.85 bits per heavy atom. The van der Waals surface area contributed by atoms with E-state index in [2.05, 4.69) is 20.8 Å². The number of aliphatic hydroxyl groups excluding tert-OH is 1. The molecule has 0 aromatic carbocycles. The summed E-state index contributed by atoms with van der Waals surface area (Å²) >= 11 is 0. The third-order valence-corrected chi connectivity index (χ3v) is 6.73. The molecule has 2 fully saturated rings. The number of hydrogen-bond acceptors (Lipinski definition) is 3. The van der Waals surface area contributed by atoms with Crippen LogP contribution in [0.4, 0.5) is 0 Å². The molecule has 2 bridgehead atoms. The number of hydrogen-bond donors (Lipinski definition) is 2. The molecule has 0 saturated heterocycles. The Kier molecular flexibility index (Phi) is 3.43. The lowest BCUT2D eigenvalue weighted by atomic mass is 9.62. The fourth-order valence-electron chi connectivity index (χ4n) is 4.35. The monoisotopic (exact) mass is 282 g/mol. The summed E-state index contributed by atoms with van der Waals surface area (Å²) in [6, 6.07) is 0. The molecular weight excluding hydrogens is 252 g/mol. The predicted molar refractivity (Wildman–Crippen MR) is 79.3 cm³/mol. The summed E-state index contributed by atoms with van der Waals surface area (Å²) in [5.74, 6) is 0.242. The second-order valence-corrected chi connectivity index (χ2v) is 8.86. The first-order chi connectivity index (χ1) is 8.86. The Labute approximate surface area is 122 Å². The lowest BCUT2D eigenvalue weighted by Gasteiger charge is -2.44. The number of carbonyl (C=O) groups excluding carboxylic acids is 1. The van der Waals surface area contributed by atoms with Gasteiger partial charge in [-0.15, -0.1) is 0 Å². The van der Waals surface area contributed by atoms with E-state index in [1.807, 2.05) is 20.8 Å². The number of fused-ring (bicyclic) bond motifs is 2. The first-order valence-corrected chi connectivity index (χ1v) is 7.80. The third-order valence-electron chi connectivity index (χ3n) is 6.73. The van der Waals surface area contributed by atoms with Gasteiger partial charge in [0.05, 0.1) is 6.10 Å². The van der Waals surface area contributed by atoms with Crippen LogP contribution in [0.5, 0.6) is 0 Å². The fourth-order valence-corrected chi connectivity index (χ4v) is 4.35. The molecule has 3 heteroatoms. The smallest absolute Gasteiger partial charge is 0.167 e. The summed E-state index contributed by atoms with van der Waals surface area (Å²) < 4.78 is 0. The molecule has 4 atom stereocenters. The van der Waals surface area contributed by atoms with Crippen molar-refractivity contribution in [3.8, 4) is 0 Å². The van der Waals surface area contributed by atoms with Crippen LogP contribution in [0, 0.1) is 22.2 Å². The van der Waals surface area contributed by atoms with E-state index in [4.69, 9.17) is 0 Å². The normalized spacial score (nSPS) is 40.9. The van der Waals surface area contributed by atoms with Crippen molar-refractivity contribution in [1.82, 2.24) is 0 Å². The Bertz CT molecular complexity index is 420. The Morgan fingerprint density at radius 1 is 1.30 bits per heavy atom. The van der Waals surface area contributed by atoms with Crippen LogP contribution in [0.1, 0.15) is 67.2 Å². The zero-order chi connectivity index (χ0) is 15.6. The standard InChI is InChI=1S/C17H30O3/c1-14(2,3)12(18)9-13(19)17(20)10-11-7-8-16(17,6)15(11,4)5/h11-12,18,20H,7-10H2,1-6H3/t11-,12+,16-,17+/m1/s1. The van der Waals surface area contributed by atoms with Gasteiger partial charge in [0.2, 0.25) is 0 Å². The van der Waals surface area contributed by atoms with E-state index in [0.717, 1.165) is 12.8 Å². The van der Waals surface area contributed by atoms with Crippen LogP contribution in [-0.2, 0) is 4.79 Å². The summed E-state index contributed by atoms with van der Waals surface area (Å²) in [7, 11) is 0. The van der Waals surface area contributed by atoms with Crippen molar-refractivity contribution in [2.24, 2.45) is 22.2 Å². The Morgan fingerprint density at radius 3 is 2.20 bits per heavy atom. The lowest BCUT2D eigenvalue weighted by Crippen LogP contribution is -2.54. The highest BCUT2D eigenvalue weighted by Gasteiger charge is 2.70. The van der Waals surface area contributed by atoms with Crippen molar-refractivity contribution in [2.45, 2.75) is 78.9 Å². The molecule has 2 aliphatic rings. The van der Waals surface area contributed by atoms with Gasteiger partial charge in [0.25, 0.3) is 0 Å². The van der Waals surface area contributed by atoms with E-state index in [9.17, 15) is 15.0 Å². The van der Waals surface area contributed by atoms with E-state index in [0.29, 0.717) is 12.3 Å². The predicted octanol–water partition coefficient (Wildman–Crippen LogP) is 2.93. The number of carbonyl (C=O) groups is 1. The average Bonchev–Trinajstić information content (AvgIpc) is 2.59. The summed E-state index contributed by atoms with van der Waals surface area (Å²) in [5, 5.41) is 21.3. The summed E-state index contributed by atoms with van der Waals surface area (Å²) in [5.41, 5.74) is -1.96. The molecule has 0 aliphatic heterocycles. The largest absolute Gasteiger partial charge is 0.392 e. The molecule has 2 rings (SSSR count). The second kappa shape index (κ2) is 4.30. The number of aliphatic hydroxyl groups is 2. The van der Waals surface area contributed by atoms with Gasteiger partial charge in [-0.25, -0.2) is 0 Å². The molecule has 0 radical (unpaired) electrons. The molecule has 116 valence electrons. The van der Waals surface area contributed by atoms with Crippen molar-refractivity contribution < 1.29 is 15.0 Å². The van der Waals surface area contributed by atoms with Crippen LogP contribution in [0.3, 0.4) is 0 Å². The molecule has 20 heavy (non-hydrogen) atoms. The minimum atomic E-state index is -1.26. The van der Waals surface area contributed by atoms with E-state index in [1.54, 1.807) is 0 Å². The average molecular weight is 282 g/mol. The minimum absolute atomic E-state index is 0.00983. The van der Waals surface area contributed by atoms with Crippen LogP contribution < -0.4 is 0 Å². The number of Topliss-reactive ketones (excluding diaryl/α,β-unsaturated/α-hetero) is 1. The van der Waals surface area contributed by atoms with Crippen LogP contribution in [0.15, 0.2) is 0 Å². The number of ketones is 1. The quantitative estimate of drug-likeness (QED) is 0.837. The van der Waals surface area contributed by atoms with Gasteiger partial charge in [-0.2, -0.15) is 0 Å². The molecule has 0 aromatic heterocycles. The first kappa shape index (κ1) is 16.0. The van der Waals surface area contributed by atoms with E-state index in [1.165, 1.54) is 0 Å². The molecule has 0 amide bonds. The van der Waals surface area contributed by atoms with Crippen molar-refractivity contribution in [3.63, 3.8) is 0 Å². The van der Waals surface area contributed by atoms with Crippen LogP contribution >= 0.6 is 0 Å². The van der Waals surface area contributed by atoms with Crippen LogP contribution in [0.2, 0.25) is 0 Å². The molecule has 0 spiro atoms. The van der Waals surface area contributed by atoms with Gasteiger partial charge < -0.3 is 10.2 Å². The zero-order valence-electron chi connectivity index (χ0n) is 13.8. The van der Waals surface area contributed by atoms with Gasteiger partial charge in [-0.1, -0.05) is 41.5 Å². The summed E-state index contributed by atoms with van der Waals surface area (Å²) in [6.07, 6.45) is 1.91. The first-order valence-electron chi connectivity index (χ1n) is 7.80. The summed E-state index contributed by atoms with van der Waals surface area (Å²) in [6.45, 7) is 12.2. The van der Waals surface area contributed by atoms with Gasteiger partial charge in [0.15, 0.2) is 5.78 Å². The summed E-state index contributed by atoms with van der Waals surface area (Å²) in [4.78, 5) is 12.7. The van der Waals surface area contributed by atoms with Gasteiger partial charge in [0, 0.05) is 11.8 Å². The van der Waals surface area contributed by atoms with E-state index in [-0.39, 0.29) is 28.4 Å². The number of rotatable bonds is 3. The highest BCUT2D eigenvalue weighted by Crippen LogP contribution is 2.70. The molecular formula is C17H30O3. The third kappa shape index (κ3) is 1.89. The Hall–Kier alpha value is -0.410. The lowest BCUT2D eigenvalue weighted by molar-refractivity contribution is -0.158. The molecule has 2 N–H and O–H groups in total. The maximum Gasteiger partial charge on any atom is 0.167 e. The van der Waals surface area contributed by atoms with E-state index >= 15 is 0 Å². The van der Waals surface area contributed by atoms with Gasteiger partial charge >= 0.3 is 0 Å². The highest BCUT2D eigenvalue weighted by atomic mass is 16.3. The highest BCUT2D eigenvalue weighted by molar-refractivity contribution is 5.89. The SMILES string of the molecule is CC(C)(C)[C@@H](O)CC(=O)[C@@]1(O)C[C@H]2CC[C@]1(C)C2(C)C. The van der Waals surface area contributed by atoms with Crippen molar-refractivity contribution in [1.29, 1.82) is 0 Å². The zero-order valence-corrected chi connectivity index (χ0v) is 13.8. The van der Waals surface area contributed by atoms with Gasteiger partial charge in [0.1, 0.15) is 5.60 Å². The van der Waals surface area contributed by atoms with E-state index < -0.39 is 11.7 Å². The maximum atomic E-state index is 12.7. The molecule has 3 nitrogen and oxygen atoms in total. The second-order valence-electron chi connectivity index (χ2n) is 8.86. The minimum Gasteiger partial charge on any atom is -0.392 e. The van der Waals surface area contributed by atoms with Crippen LogP contribution in [0.25, 0.3) is 0 Å². The fraction of sp³-hybridized carbons (Fsp3) is 0.941. The molecule has 0 aromatic rings. The van der Waals surface area contributed by atoms with Gasteiger partial charge in [-0.05, 0) is 36.0 Å². The molecule has 0 heterocycles. The molecule has 2 saturated carbocycles. The Balaban J connectivity index is 2.23. The molecule has 2 aliphatic carbocycles. The van der Waals surface area contributed by atoms with Gasteiger partial charge in [-0.3, -0.25) is 4.79 Å².